The van der Waals surface area contributed by atoms with Gasteiger partial charge in [-0.1, -0.05) is 0 Å². The summed E-state index contributed by atoms with van der Waals surface area (Å²) in [6, 6.07) is 2.32. The van der Waals surface area contributed by atoms with Gasteiger partial charge in [0, 0.05) is 18.8 Å². The first-order chi connectivity index (χ1) is 8.36. The first-order valence-corrected chi connectivity index (χ1v) is 6.15. The minimum absolute atomic E-state index is 0.0455. The Morgan fingerprint density at radius 3 is 3.35 bits per heavy atom. The molecule has 0 bridgehead atoms. The Balaban J connectivity index is 1.75. The lowest BCUT2D eigenvalue weighted by Crippen LogP contribution is -2.42. The van der Waals surface area contributed by atoms with Crippen LogP contribution >= 0.6 is 0 Å². The zero-order valence-corrected chi connectivity index (χ0v) is 9.75. The molecule has 3 rings (SSSR count). The van der Waals surface area contributed by atoms with E-state index < -0.39 is 0 Å². The van der Waals surface area contributed by atoms with E-state index in [-0.39, 0.29) is 12.7 Å². The fourth-order valence-electron chi connectivity index (χ4n) is 2.63. The zero-order valence-electron chi connectivity index (χ0n) is 9.75. The smallest absolute Gasteiger partial charge is 0.158 e. The molecular formula is C12H17N3O2. The monoisotopic (exact) mass is 235 g/mol. The highest BCUT2D eigenvalue weighted by atomic mass is 16.5. The van der Waals surface area contributed by atoms with Gasteiger partial charge in [0.15, 0.2) is 5.82 Å². The van der Waals surface area contributed by atoms with Crippen LogP contribution in [0.5, 0.6) is 0 Å². The largest absolute Gasteiger partial charge is 0.390 e. The molecule has 0 amide bonds. The maximum absolute atomic E-state index is 9.07. The molecule has 1 aromatic heterocycles. The number of hydrogen-bond donors (Lipinski definition) is 1. The third-order valence-corrected chi connectivity index (χ3v) is 3.57. The van der Waals surface area contributed by atoms with Crippen LogP contribution in [-0.2, 0) is 11.3 Å². The van der Waals surface area contributed by atoms with Crippen LogP contribution in [-0.4, -0.2) is 45.7 Å². The Hall–Kier alpha value is -1.04. The number of ether oxygens (including phenoxy) is 1. The molecule has 0 saturated carbocycles. The maximum atomic E-state index is 9.07. The van der Waals surface area contributed by atoms with E-state index in [2.05, 4.69) is 14.9 Å². The molecule has 0 radical (unpaired) electrons. The fraction of sp³-hybridized carbons (Fsp3) is 0.667. The van der Waals surface area contributed by atoms with E-state index in [4.69, 9.17) is 9.84 Å². The van der Waals surface area contributed by atoms with E-state index in [9.17, 15) is 0 Å². The van der Waals surface area contributed by atoms with Gasteiger partial charge in [0.25, 0.3) is 0 Å². The summed E-state index contributed by atoms with van der Waals surface area (Å²) < 4.78 is 5.83. The van der Waals surface area contributed by atoms with Crippen LogP contribution in [0.25, 0.3) is 0 Å². The van der Waals surface area contributed by atoms with E-state index in [1.165, 1.54) is 12.8 Å². The zero-order chi connectivity index (χ0) is 11.7. The summed E-state index contributed by atoms with van der Waals surface area (Å²) in [7, 11) is 0. The number of rotatable bonds is 2. The quantitative estimate of drug-likeness (QED) is 0.809. The second-order valence-electron chi connectivity index (χ2n) is 4.68. The third-order valence-electron chi connectivity index (χ3n) is 3.57. The van der Waals surface area contributed by atoms with Gasteiger partial charge in [-0.25, -0.2) is 9.97 Å². The van der Waals surface area contributed by atoms with E-state index >= 15 is 0 Å². The van der Waals surface area contributed by atoms with Crippen LogP contribution < -0.4 is 0 Å². The highest BCUT2D eigenvalue weighted by Gasteiger charge is 2.33. The summed E-state index contributed by atoms with van der Waals surface area (Å²) in [5, 5.41) is 9.07. The summed E-state index contributed by atoms with van der Waals surface area (Å²) in [5.41, 5.74) is 0.655. The Kier molecular flexibility index (Phi) is 3.05. The number of hydrogen-bond acceptors (Lipinski definition) is 5. The number of aliphatic hydroxyl groups excluding tert-OH is 1. The number of nitrogens with zero attached hydrogens (tertiary/aromatic N) is 3. The molecule has 3 heterocycles. The molecule has 1 N–H and O–H groups in total. The highest BCUT2D eigenvalue weighted by Crippen LogP contribution is 2.28. The lowest BCUT2D eigenvalue weighted by Gasteiger charge is -2.34. The lowest BCUT2D eigenvalue weighted by atomic mass is 10.2. The highest BCUT2D eigenvalue weighted by molar-refractivity contribution is 5.04. The van der Waals surface area contributed by atoms with Crippen molar-refractivity contribution < 1.29 is 9.84 Å². The van der Waals surface area contributed by atoms with E-state index in [1.54, 1.807) is 12.3 Å². The maximum Gasteiger partial charge on any atom is 0.158 e. The summed E-state index contributed by atoms with van der Waals surface area (Å²) >= 11 is 0. The van der Waals surface area contributed by atoms with Crippen LogP contribution in [0.15, 0.2) is 12.3 Å². The second-order valence-corrected chi connectivity index (χ2v) is 4.68. The summed E-state index contributed by atoms with van der Waals surface area (Å²) in [5.74, 6) is 0.696. The normalized spacial score (nSPS) is 29.2. The van der Waals surface area contributed by atoms with Crippen molar-refractivity contribution in [2.75, 3.05) is 19.7 Å². The van der Waals surface area contributed by atoms with Crippen molar-refractivity contribution >= 4 is 0 Å². The fourth-order valence-corrected chi connectivity index (χ4v) is 2.63. The van der Waals surface area contributed by atoms with Crippen molar-refractivity contribution in [2.45, 2.75) is 31.6 Å². The summed E-state index contributed by atoms with van der Waals surface area (Å²) in [4.78, 5) is 11.0. The van der Waals surface area contributed by atoms with E-state index in [0.717, 1.165) is 19.7 Å². The molecule has 0 spiro atoms. The van der Waals surface area contributed by atoms with Crippen LogP contribution in [0.4, 0.5) is 0 Å². The molecule has 92 valence electrons. The third kappa shape index (κ3) is 2.18. The minimum Gasteiger partial charge on any atom is -0.390 e. The summed E-state index contributed by atoms with van der Waals surface area (Å²) in [6.07, 6.45) is 4.14. The summed E-state index contributed by atoms with van der Waals surface area (Å²) in [6.45, 7) is 2.76. The van der Waals surface area contributed by atoms with Crippen LogP contribution in [0.2, 0.25) is 0 Å². The van der Waals surface area contributed by atoms with Gasteiger partial charge in [0.2, 0.25) is 0 Å². The van der Waals surface area contributed by atoms with Gasteiger partial charge < -0.3 is 9.84 Å². The van der Waals surface area contributed by atoms with Crippen LogP contribution in [0, 0.1) is 0 Å². The Morgan fingerprint density at radius 1 is 1.53 bits per heavy atom. The van der Waals surface area contributed by atoms with E-state index in [1.807, 2.05) is 0 Å². The molecule has 0 aromatic carbocycles. The molecule has 2 fully saturated rings. The van der Waals surface area contributed by atoms with Gasteiger partial charge in [-0.2, -0.15) is 0 Å². The Morgan fingerprint density at radius 2 is 2.47 bits per heavy atom. The van der Waals surface area contributed by atoms with Gasteiger partial charge in [-0.3, -0.25) is 4.90 Å². The molecule has 5 nitrogen and oxygen atoms in total. The Labute approximate surface area is 100 Å². The predicted octanol–water partition coefficient (Wildman–Crippen LogP) is 0.505. The van der Waals surface area contributed by atoms with Gasteiger partial charge in [-0.15, -0.1) is 0 Å². The SMILES string of the molecule is OCc1ccnc(C2CN3CCCC3CO2)n1. The van der Waals surface area contributed by atoms with Crippen molar-refractivity contribution in [3.05, 3.63) is 23.8 Å². The van der Waals surface area contributed by atoms with Crippen molar-refractivity contribution in [1.82, 2.24) is 14.9 Å². The van der Waals surface area contributed by atoms with Crippen molar-refractivity contribution in [3.8, 4) is 0 Å². The van der Waals surface area contributed by atoms with E-state index in [0.29, 0.717) is 17.6 Å². The number of aromatic nitrogens is 2. The average molecular weight is 235 g/mol. The predicted molar refractivity (Wildman–Crippen MR) is 61.2 cm³/mol. The van der Waals surface area contributed by atoms with Gasteiger partial charge >= 0.3 is 0 Å². The van der Waals surface area contributed by atoms with Gasteiger partial charge in [0.05, 0.1) is 18.9 Å². The number of aliphatic hydroxyl groups is 1. The standard InChI is InChI=1S/C12H17N3O2/c16-7-9-3-4-13-12(14-9)11-6-15-5-1-2-10(15)8-17-11/h3-4,10-11,16H,1-2,5-8H2. The molecule has 2 aliphatic rings. The molecule has 1 aromatic rings. The first kappa shape index (κ1) is 11.1. The van der Waals surface area contributed by atoms with Crippen molar-refractivity contribution in [1.29, 1.82) is 0 Å². The molecule has 2 aliphatic heterocycles. The molecule has 2 atom stereocenters. The van der Waals surface area contributed by atoms with Crippen LogP contribution in [0.1, 0.15) is 30.5 Å². The molecular weight excluding hydrogens is 218 g/mol. The number of morpholine rings is 1. The van der Waals surface area contributed by atoms with Crippen molar-refractivity contribution in [3.63, 3.8) is 0 Å². The van der Waals surface area contributed by atoms with Gasteiger partial charge in [-0.05, 0) is 25.5 Å². The second kappa shape index (κ2) is 4.68. The van der Waals surface area contributed by atoms with Crippen molar-refractivity contribution in [2.24, 2.45) is 0 Å². The molecule has 0 aliphatic carbocycles. The first-order valence-electron chi connectivity index (χ1n) is 6.15. The van der Waals surface area contributed by atoms with Crippen LogP contribution in [0.3, 0.4) is 0 Å². The molecule has 17 heavy (non-hydrogen) atoms. The minimum atomic E-state index is -0.0470. The lowest BCUT2D eigenvalue weighted by molar-refractivity contribution is -0.0542. The average Bonchev–Trinajstić information content (AvgIpc) is 2.86. The van der Waals surface area contributed by atoms with Gasteiger partial charge in [0.1, 0.15) is 6.10 Å². The molecule has 5 heteroatoms. The molecule has 2 unspecified atom stereocenters. The number of fused-ring (bicyclic) bond motifs is 1. The Bertz CT molecular complexity index is 399. The topological polar surface area (TPSA) is 58.5 Å². The molecule has 2 saturated heterocycles.